The van der Waals surface area contributed by atoms with Crippen LogP contribution in [0.4, 0.5) is 20.4 Å². The van der Waals surface area contributed by atoms with Crippen LogP contribution < -0.4 is 10.6 Å². The molecular weight excluding hydrogens is 318 g/mol. The summed E-state index contributed by atoms with van der Waals surface area (Å²) in [4.78, 5) is 20.1. The first-order chi connectivity index (χ1) is 11.6. The molecule has 0 unspecified atom stereocenters. The number of aromatic nitrogens is 2. The van der Waals surface area contributed by atoms with E-state index < -0.39 is 23.2 Å². The highest BCUT2D eigenvalue weighted by Gasteiger charge is 2.15. The molecule has 6 nitrogen and oxygen atoms in total. The van der Waals surface area contributed by atoms with Gasteiger partial charge in [0.2, 0.25) is 5.95 Å². The lowest BCUT2D eigenvalue weighted by Gasteiger charge is -2.08. The molecule has 3 rings (SSSR count). The van der Waals surface area contributed by atoms with Gasteiger partial charge in [-0.15, -0.1) is 0 Å². The Labute approximate surface area is 135 Å². The van der Waals surface area contributed by atoms with Crippen LogP contribution in [-0.4, -0.2) is 15.9 Å². The van der Waals surface area contributed by atoms with Gasteiger partial charge in [0.05, 0.1) is 12.8 Å². The van der Waals surface area contributed by atoms with Crippen LogP contribution >= 0.6 is 0 Å². The molecule has 122 valence electrons. The largest absolute Gasteiger partial charge is 0.467 e. The van der Waals surface area contributed by atoms with Gasteiger partial charge >= 0.3 is 0 Å². The van der Waals surface area contributed by atoms with Gasteiger partial charge in [0, 0.05) is 6.20 Å². The smallest absolute Gasteiger partial charge is 0.274 e. The number of carbonyl (C=O) groups is 1. The lowest BCUT2D eigenvalue weighted by Crippen LogP contribution is -2.17. The van der Waals surface area contributed by atoms with Crippen LogP contribution in [-0.2, 0) is 6.54 Å². The predicted octanol–water partition coefficient (Wildman–Crippen LogP) is 3.21. The highest BCUT2D eigenvalue weighted by molar-refractivity contribution is 6.03. The number of hydrogen-bond acceptors (Lipinski definition) is 5. The lowest BCUT2D eigenvalue weighted by atomic mass is 10.2. The zero-order valence-corrected chi connectivity index (χ0v) is 12.3. The van der Waals surface area contributed by atoms with E-state index >= 15 is 0 Å². The van der Waals surface area contributed by atoms with Crippen LogP contribution in [0.5, 0.6) is 0 Å². The highest BCUT2D eigenvalue weighted by Crippen LogP contribution is 2.18. The Morgan fingerprint density at radius 1 is 1.12 bits per heavy atom. The summed E-state index contributed by atoms with van der Waals surface area (Å²) in [5.41, 5.74) is -0.555. The molecule has 0 atom stereocenters. The molecule has 2 heterocycles. The van der Waals surface area contributed by atoms with Crippen molar-refractivity contribution in [2.24, 2.45) is 0 Å². The fourth-order valence-corrected chi connectivity index (χ4v) is 1.94. The van der Waals surface area contributed by atoms with Crippen LogP contribution in [0.15, 0.2) is 53.3 Å². The van der Waals surface area contributed by atoms with Crippen molar-refractivity contribution in [3.8, 4) is 0 Å². The van der Waals surface area contributed by atoms with Crippen molar-refractivity contribution in [1.82, 2.24) is 9.97 Å². The second-order valence-corrected chi connectivity index (χ2v) is 4.75. The molecule has 8 heteroatoms. The van der Waals surface area contributed by atoms with Crippen LogP contribution in [0.25, 0.3) is 0 Å². The Hall–Kier alpha value is -3.29. The number of anilines is 2. The third-order valence-corrected chi connectivity index (χ3v) is 3.09. The van der Waals surface area contributed by atoms with E-state index in [0.29, 0.717) is 12.3 Å². The molecule has 1 aromatic carbocycles. The maximum Gasteiger partial charge on any atom is 0.274 e. The first-order valence-corrected chi connectivity index (χ1v) is 6.98. The Kier molecular flexibility index (Phi) is 4.46. The topological polar surface area (TPSA) is 80.0 Å². The monoisotopic (exact) mass is 330 g/mol. The van der Waals surface area contributed by atoms with Crippen LogP contribution in [0.1, 0.15) is 16.2 Å². The average molecular weight is 330 g/mol. The number of rotatable bonds is 5. The van der Waals surface area contributed by atoms with Gasteiger partial charge in [0.25, 0.3) is 5.91 Å². The molecular formula is C16H12F2N4O2. The molecule has 24 heavy (non-hydrogen) atoms. The summed E-state index contributed by atoms with van der Waals surface area (Å²) >= 11 is 0. The quantitative estimate of drug-likeness (QED) is 0.751. The van der Waals surface area contributed by atoms with Gasteiger partial charge in [-0.25, -0.2) is 18.7 Å². The number of hydrogen-bond donors (Lipinski definition) is 2. The van der Waals surface area contributed by atoms with E-state index in [1.165, 1.54) is 24.6 Å². The first kappa shape index (κ1) is 15.6. The summed E-state index contributed by atoms with van der Waals surface area (Å²) in [7, 11) is 0. The van der Waals surface area contributed by atoms with Crippen LogP contribution in [0.2, 0.25) is 0 Å². The molecule has 0 bridgehead atoms. The average Bonchev–Trinajstić information content (AvgIpc) is 3.10. The fraction of sp³-hybridized carbons (Fsp3) is 0.0625. The Morgan fingerprint density at radius 3 is 2.62 bits per heavy atom. The zero-order chi connectivity index (χ0) is 16.9. The number of nitrogens with zero attached hydrogens (tertiary/aromatic N) is 2. The number of amides is 1. The number of benzene rings is 1. The minimum absolute atomic E-state index is 0.0328. The molecule has 0 spiro atoms. The minimum Gasteiger partial charge on any atom is -0.467 e. The normalized spacial score (nSPS) is 10.4. The number of halogens is 2. The van der Waals surface area contributed by atoms with E-state index in [1.807, 2.05) is 0 Å². The first-order valence-electron chi connectivity index (χ1n) is 6.98. The lowest BCUT2D eigenvalue weighted by molar-refractivity contribution is 0.102. The molecule has 0 fully saturated rings. The minimum atomic E-state index is -0.867. The van der Waals surface area contributed by atoms with E-state index in [0.717, 1.165) is 12.1 Å². The van der Waals surface area contributed by atoms with Gasteiger partial charge < -0.3 is 15.1 Å². The second-order valence-electron chi connectivity index (χ2n) is 4.75. The van der Waals surface area contributed by atoms with E-state index in [9.17, 15) is 13.6 Å². The van der Waals surface area contributed by atoms with Crippen molar-refractivity contribution < 1.29 is 18.0 Å². The van der Waals surface area contributed by atoms with Crippen molar-refractivity contribution in [2.45, 2.75) is 6.54 Å². The highest BCUT2D eigenvalue weighted by atomic mass is 19.1. The van der Waals surface area contributed by atoms with Crippen LogP contribution in [0.3, 0.4) is 0 Å². The molecule has 1 amide bonds. The molecule has 2 aromatic heterocycles. The predicted molar refractivity (Wildman–Crippen MR) is 82.4 cm³/mol. The third-order valence-electron chi connectivity index (χ3n) is 3.09. The van der Waals surface area contributed by atoms with Gasteiger partial charge in [0.15, 0.2) is 0 Å². The van der Waals surface area contributed by atoms with Crippen molar-refractivity contribution in [1.29, 1.82) is 0 Å². The Morgan fingerprint density at radius 2 is 1.92 bits per heavy atom. The molecule has 0 saturated carbocycles. The van der Waals surface area contributed by atoms with Crippen molar-refractivity contribution in [3.05, 3.63) is 71.9 Å². The fourth-order valence-electron chi connectivity index (χ4n) is 1.94. The van der Waals surface area contributed by atoms with Gasteiger partial charge in [0.1, 0.15) is 28.8 Å². The van der Waals surface area contributed by atoms with Crippen LogP contribution in [0, 0.1) is 11.6 Å². The molecule has 0 aliphatic carbocycles. The summed E-state index contributed by atoms with van der Waals surface area (Å²) in [6.07, 6.45) is 2.90. The maximum absolute atomic E-state index is 13.6. The molecule has 0 saturated heterocycles. The number of furan rings is 1. The van der Waals surface area contributed by atoms with E-state index in [-0.39, 0.29) is 11.6 Å². The summed E-state index contributed by atoms with van der Waals surface area (Å²) < 4.78 is 32.3. The molecule has 2 N–H and O–H groups in total. The number of nitrogens with one attached hydrogen (secondary N) is 2. The summed E-state index contributed by atoms with van der Waals surface area (Å²) in [5.74, 6) is -1.63. The Balaban J connectivity index is 1.72. The van der Waals surface area contributed by atoms with E-state index in [4.69, 9.17) is 4.42 Å². The standard InChI is InChI=1S/C16H12F2N4O2/c17-11-4-1-5-12(18)14(11)22-15(23)13-6-7-19-16(21-13)20-9-10-3-2-8-24-10/h1-8H,9H2,(H,22,23)(H,19,20,21). The van der Waals surface area contributed by atoms with Gasteiger partial charge in [-0.2, -0.15) is 0 Å². The molecule has 0 aliphatic rings. The maximum atomic E-state index is 13.6. The third kappa shape index (κ3) is 3.54. The van der Waals surface area contributed by atoms with Gasteiger partial charge in [-0.05, 0) is 30.3 Å². The number of carbonyl (C=O) groups excluding carboxylic acids is 1. The van der Waals surface area contributed by atoms with Crippen molar-refractivity contribution >= 4 is 17.5 Å². The van der Waals surface area contributed by atoms with Crippen molar-refractivity contribution in [2.75, 3.05) is 10.6 Å². The molecule has 0 aliphatic heterocycles. The van der Waals surface area contributed by atoms with E-state index in [2.05, 4.69) is 20.6 Å². The van der Waals surface area contributed by atoms with E-state index in [1.54, 1.807) is 12.1 Å². The summed E-state index contributed by atoms with van der Waals surface area (Å²) in [6, 6.07) is 8.16. The summed E-state index contributed by atoms with van der Waals surface area (Å²) in [5, 5.41) is 5.05. The number of para-hydroxylation sites is 1. The zero-order valence-electron chi connectivity index (χ0n) is 12.3. The molecule has 0 radical (unpaired) electrons. The van der Waals surface area contributed by atoms with Gasteiger partial charge in [-0.3, -0.25) is 4.79 Å². The Bertz CT molecular complexity index is 833. The van der Waals surface area contributed by atoms with Gasteiger partial charge in [-0.1, -0.05) is 6.07 Å². The second kappa shape index (κ2) is 6.86. The SMILES string of the molecule is O=C(Nc1c(F)cccc1F)c1ccnc(NCc2ccco2)n1. The van der Waals surface area contributed by atoms with Crippen molar-refractivity contribution in [3.63, 3.8) is 0 Å². The molecule has 3 aromatic rings. The summed E-state index contributed by atoms with van der Waals surface area (Å²) in [6.45, 7) is 0.333.